The van der Waals surface area contributed by atoms with Crippen molar-refractivity contribution in [2.24, 2.45) is 4.99 Å². The number of hydrogen-bond acceptors (Lipinski definition) is 4. The second kappa shape index (κ2) is 10.3. The Morgan fingerprint density at radius 2 is 1.97 bits per heavy atom. The number of nitrogens with one attached hydrogen (secondary N) is 2. The summed E-state index contributed by atoms with van der Waals surface area (Å²) in [5.41, 5.74) is 4.54. The van der Waals surface area contributed by atoms with Gasteiger partial charge in [0, 0.05) is 13.1 Å². The molecule has 3 rings (SSSR count). The average molecular weight is 393 g/mol. The molecule has 152 valence electrons. The van der Waals surface area contributed by atoms with E-state index in [1.165, 1.54) is 17.5 Å². The van der Waals surface area contributed by atoms with Crippen LogP contribution in [-0.4, -0.2) is 40.9 Å². The van der Waals surface area contributed by atoms with Crippen molar-refractivity contribution in [2.75, 3.05) is 20.2 Å². The smallest absolute Gasteiger partial charge is 0.191 e. The zero-order chi connectivity index (χ0) is 20.5. The molecule has 0 aliphatic heterocycles. The van der Waals surface area contributed by atoms with Gasteiger partial charge in [0.25, 0.3) is 0 Å². The summed E-state index contributed by atoms with van der Waals surface area (Å²) < 4.78 is 7.20. The average Bonchev–Trinajstić information content (AvgIpc) is 3.27. The summed E-state index contributed by atoms with van der Waals surface area (Å²) in [4.78, 5) is 8.67. The van der Waals surface area contributed by atoms with Gasteiger partial charge in [-0.25, -0.2) is 14.7 Å². The zero-order valence-corrected chi connectivity index (χ0v) is 17.2. The number of hydrogen-bond donors (Lipinski definition) is 2. The standard InChI is InChI=1S/C22H28N6O/c1-4-24-22(25-12-11-19-13-17(2)5-10-21(19)29-3)26-14-18-6-8-20(9-7-18)28-16-23-15-27-28/h5-10,13,15-16H,4,11-12,14H2,1-3H3,(H2,24,25,26). The Labute approximate surface area is 171 Å². The highest BCUT2D eigenvalue weighted by Crippen LogP contribution is 2.19. The van der Waals surface area contributed by atoms with Crippen molar-refractivity contribution >= 4 is 5.96 Å². The van der Waals surface area contributed by atoms with Crippen molar-refractivity contribution in [1.82, 2.24) is 25.4 Å². The minimum Gasteiger partial charge on any atom is -0.496 e. The molecule has 0 unspecified atom stereocenters. The van der Waals surface area contributed by atoms with E-state index in [1.54, 1.807) is 18.1 Å². The molecular weight excluding hydrogens is 364 g/mol. The summed E-state index contributed by atoms with van der Waals surface area (Å²) in [7, 11) is 1.71. The van der Waals surface area contributed by atoms with Crippen molar-refractivity contribution < 1.29 is 4.74 Å². The van der Waals surface area contributed by atoms with Crippen LogP contribution in [0, 0.1) is 6.92 Å². The molecule has 0 radical (unpaired) electrons. The van der Waals surface area contributed by atoms with Crippen molar-refractivity contribution in [1.29, 1.82) is 0 Å². The third-order valence-electron chi connectivity index (χ3n) is 4.51. The number of aryl methyl sites for hydroxylation is 1. The summed E-state index contributed by atoms with van der Waals surface area (Å²) in [6.45, 7) is 6.34. The molecule has 3 aromatic rings. The Hall–Kier alpha value is -3.35. The van der Waals surface area contributed by atoms with Gasteiger partial charge in [-0.2, -0.15) is 5.10 Å². The number of rotatable bonds is 8. The lowest BCUT2D eigenvalue weighted by atomic mass is 10.1. The lowest BCUT2D eigenvalue weighted by Gasteiger charge is -2.13. The Balaban J connectivity index is 1.58. The van der Waals surface area contributed by atoms with Gasteiger partial charge in [-0.05, 0) is 49.6 Å². The van der Waals surface area contributed by atoms with E-state index in [9.17, 15) is 0 Å². The molecule has 29 heavy (non-hydrogen) atoms. The number of aromatic nitrogens is 3. The molecule has 2 N–H and O–H groups in total. The molecule has 7 heteroatoms. The molecule has 1 heterocycles. The zero-order valence-electron chi connectivity index (χ0n) is 17.2. The fourth-order valence-electron chi connectivity index (χ4n) is 3.03. The predicted octanol–water partition coefficient (Wildman–Crippen LogP) is 2.88. The van der Waals surface area contributed by atoms with Crippen LogP contribution in [0.5, 0.6) is 5.75 Å². The number of guanidine groups is 1. The van der Waals surface area contributed by atoms with Crippen LogP contribution in [0.1, 0.15) is 23.6 Å². The fourth-order valence-corrected chi connectivity index (χ4v) is 3.03. The molecule has 0 aliphatic rings. The number of nitrogens with zero attached hydrogens (tertiary/aromatic N) is 4. The van der Waals surface area contributed by atoms with Crippen molar-refractivity contribution in [3.05, 3.63) is 71.8 Å². The highest BCUT2D eigenvalue weighted by atomic mass is 16.5. The first-order valence-electron chi connectivity index (χ1n) is 9.79. The van der Waals surface area contributed by atoms with Gasteiger partial charge < -0.3 is 15.4 Å². The molecule has 0 atom stereocenters. The van der Waals surface area contributed by atoms with E-state index in [0.29, 0.717) is 6.54 Å². The van der Waals surface area contributed by atoms with E-state index < -0.39 is 0 Å². The molecule has 0 amide bonds. The second-order valence-electron chi connectivity index (χ2n) is 6.69. The summed E-state index contributed by atoms with van der Waals surface area (Å²) >= 11 is 0. The maximum absolute atomic E-state index is 5.46. The van der Waals surface area contributed by atoms with Gasteiger partial charge in [-0.1, -0.05) is 29.8 Å². The predicted molar refractivity (Wildman–Crippen MR) is 116 cm³/mol. The lowest BCUT2D eigenvalue weighted by molar-refractivity contribution is 0.409. The normalized spacial score (nSPS) is 11.3. The van der Waals surface area contributed by atoms with Crippen molar-refractivity contribution in [3.8, 4) is 11.4 Å². The van der Waals surface area contributed by atoms with Crippen LogP contribution in [-0.2, 0) is 13.0 Å². The molecule has 0 saturated carbocycles. The van der Waals surface area contributed by atoms with Gasteiger partial charge in [-0.3, -0.25) is 0 Å². The highest BCUT2D eigenvalue weighted by molar-refractivity contribution is 5.79. The quantitative estimate of drug-likeness (QED) is 0.455. The number of benzene rings is 2. The second-order valence-corrected chi connectivity index (χ2v) is 6.69. The Kier molecular flexibility index (Phi) is 7.22. The fraction of sp³-hybridized carbons (Fsp3) is 0.318. The van der Waals surface area contributed by atoms with Gasteiger partial charge >= 0.3 is 0 Å². The van der Waals surface area contributed by atoms with E-state index in [4.69, 9.17) is 9.73 Å². The summed E-state index contributed by atoms with van der Waals surface area (Å²) in [5, 5.41) is 10.8. The first-order chi connectivity index (χ1) is 14.2. The first-order valence-corrected chi connectivity index (χ1v) is 9.79. The minimum absolute atomic E-state index is 0.598. The van der Waals surface area contributed by atoms with Crippen molar-refractivity contribution in [3.63, 3.8) is 0 Å². The molecule has 1 aromatic heterocycles. The molecule has 2 aromatic carbocycles. The first kappa shape index (κ1) is 20.4. The van der Waals surface area contributed by atoms with Gasteiger partial charge in [0.1, 0.15) is 18.4 Å². The number of methoxy groups -OCH3 is 1. The van der Waals surface area contributed by atoms with Crippen LogP contribution in [0.25, 0.3) is 5.69 Å². The molecule has 0 bridgehead atoms. The van der Waals surface area contributed by atoms with Crippen LogP contribution in [0.3, 0.4) is 0 Å². The van der Waals surface area contributed by atoms with Gasteiger partial charge in [0.15, 0.2) is 5.96 Å². The van der Waals surface area contributed by atoms with E-state index in [2.05, 4.69) is 58.8 Å². The maximum atomic E-state index is 5.46. The Morgan fingerprint density at radius 1 is 1.14 bits per heavy atom. The van der Waals surface area contributed by atoms with Crippen LogP contribution in [0.15, 0.2) is 60.1 Å². The third-order valence-corrected chi connectivity index (χ3v) is 4.51. The minimum atomic E-state index is 0.598. The molecule has 7 nitrogen and oxygen atoms in total. The molecular formula is C22H28N6O. The molecule has 0 fully saturated rings. The molecule has 0 spiro atoms. The SMILES string of the molecule is CCNC(=NCc1ccc(-n2cncn2)cc1)NCCc1cc(C)ccc1OC. The van der Waals surface area contributed by atoms with E-state index in [-0.39, 0.29) is 0 Å². The largest absolute Gasteiger partial charge is 0.496 e. The number of ether oxygens (including phenoxy) is 1. The molecule has 0 aliphatic carbocycles. The lowest BCUT2D eigenvalue weighted by Crippen LogP contribution is -2.38. The summed E-state index contributed by atoms with van der Waals surface area (Å²) in [6.07, 6.45) is 4.07. The highest BCUT2D eigenvalue weighted by Gasteiger charge is 2.04. The van der Waals surface area contributed by atoms with Gasteiger partial charge in [0.2, 0.25) is 0 Å². The Morgan fingerprint density at radius 3 is 2.66 bits per heavy atom. The topological polar surface area (TPSA) is 76.4 Å². The molecule has 0 saturated heterocycles. The van der Waals surface area contributed by atoms with Gasteiger partial charge in [0.05, 0.1) is 19.3 Å². The monoisotopic (exact) mass is 392 g/mol. The van der Waals surface area contributed by atoms with E-state index in [0.717, 1.165) is 42.5 Å². The van der Waals surface area contributed by atoms with Crippen LogP contribution < -0.4 is 15.4 Å². The summed E-state index contributed by atoms with van der Waals surface area (Å²) in [5.74, 6) is 1.73. The number of aliphatic imine (C=N–C) groups is 1. The van der Waals surface area contributed by atoms with E-state index in [1.807, 2.05) is 18.2 Å². The van der Waals surface area contributed by atoms with Gasteiger partial charge in [-0.15, -0.1) is 0 Å². The van der Waals surface area contributed by atoms with Crippen LogP contribution in [0.2, 0.25) is 0 Å². The Bertz CT molecular complexity index is 919. The van der Waals surface area contributed by atoms with Crippen molar-refractivity contribution in [2.45, 2.75) is 26.8 Å². The van der Waals surface area contributed by atoms with Crippen LogP contribution in [0.4, 0.5) is 0 Å². The van der Waals surface area contributed by atoms with Crippen LogP contribution >= 0.6 is 0 Å². The summed E-state index contributed by atoms with van der Waals surface area (Å²) in [6, 6.07) is 14.4. The maximum Gasteiger partial charge on any atom is 0.191 e. The third kappa shape index (κ3) is 5.81. The van der Waals surface area contributed by atoms with E-state index >= 15 is 0 Å².